The van der Waals surface area contributed by atoms with Crippen LogP contribution < -0.4 is 14.8 Å². The Hall–Kier alpha value is -3.34. The monoisotopic (exact) mass is 362 g/mol. The predicted octanol–water partition coefficient (Wildman–Crippen LogP) is 3.81. The molecule has 0 aliphatic rings. The Bertz CT molecular complexity index is 883. The van der Waals surface area contributed by atoms with E-state index < -0.39 is 0 Å². The van der Waals surface area contributed by atoms with E-state index in [1.165, 1.54) is 0 Å². The molecule has 0 radical (unpaired) electrons. The highest BCUT2D eigenvalue weighted by molar-refractivity contribution is 5.94. The van der Waals surface area contributed by atoms with Gasteiger partial charge in [0.1, 0.15) is 0 Å². The zero-order chi connectivity index (χ0) is 19.1. The van der Waals surface area contributed by atoms with Crippen molar-refractivity contribution in [3.05, 3.63) is 89.7 Å². The first-order valence-corrected chi connectivity index (χ1v) is 8.68. The van der Waals surface area contributed by atoms with Gasteiger partial charge < -0.3 is 14.8 Å². The van der Waals surface area contributed by atoms with E-state index in [4.69, 9.17) is 9.47 Å². The molecule has 27 heavy (non-hydrogen) atoms. The Morgan fingerprint density at radius 1 is 1.00 bits per heavy atom. The summed E-state index contributed by atoms with van der Waals surface area (Å²) in [6, 6.07) is 18.6. The minimum absolute atomic E-state index is 0.120. The average Bonchev–Trinajstić information content (AvgIpc) is 2.74. The molecule has 0 bridgehead atoms. The van der Waals surface area contributed by atoms with Crippen LogP contribution in [-0.2, 0) is 6.42 Å². The molecule has 1 atom stereocenters. The molecule has 0 aliphatic carbocycles. The van der Waals surface area contributed by atoms with Crippen LogP contribution in [0.15, 0.2) is 73.1 Å². The van der Waals surface area contributed by atoms with Gasteiger partial charge in [-0.25, -0.2) is 0 Å². The van der Waals surface area contributed by atoms with Crippen molar-refractivity contribution in [3.8, 4) is 11.5 Å². The van der Waals surface area contributed by atoms with Gasteiger partial charge in [0, 0.05) is 18.0 Å². The molecule has 1 unspecified atom stereocenters. The Morgan fingerprint density at radius 3 is 2.44 bits per heavy atom. The molecule has 1 amide bonds. The maximum absolute atomic E-state index is 12.7. The second-order valence-electron chi connectivity index (χ2n) is 6.07. The summed E-state index contributed by atoms with van der Waals surface area (Å²) in [7, 11) is 3.22. The molecular weight excluding hydrogens is 340 g/mol. The van der Waals surface area contributed by atoms with E-state index in [9.17, 15) is 4.79 Å². The number of rotatable bonds is 7. The van der Waals surface area contributed by atoms with Gasteiger partial charge in [-0.15, -0.1) is 0 Å². The van der Waals surface area contributed by atoms with E-state index in [2.05, 4.69) is 10.3 Å². The molecular formula is C22H22N2O3. The van der Waals surface area contributed by atoms with Crippen LogP contribution in [-0.4, -0.2) is 25.1 Å². The predicted molar refractivity (Wildman–Crippen MR) is 104 cm³/mol. The molecule has 0 saturated carbocycles. The molecule has 0 spiro atoms. The molecule has 0 saturated heterocycles. The molecule has 3 aromatic rings. The Morgan fingerprint density at radius 2 is 1.78 bits per heavy atom. The van der Waals surface area contributed by atoms with E-state index in [0.29, 0.717) is 23.5 Å². The van der Waals surface area contributed by atoms with Crippen molar-refractivity contribution in [2.75, 3.05) is 14.2 Å². The number of amides is 1. The minimum Gasteiger partial charge on any atom is -0.493 e. The molecule has 2 aromatic carbocycles. The molecule has 5 heteroatoms. The van der Waals surface area contributed by atoms with Gasteiger partial charge in [0.2, 0.25) is 0 Å². The van der Waals surface area contributed by atoms with E-state index in [1.54, 1.807) is 38.7 Å². The summed E-state index contributed by atoms with van der Waals surface area (Å²) in [6.07, 6.45) is 4.09. The second-order valence-corrected chi connectivity index (χ2v) is 6.07. The first-order valence-electron chi connectivity index (χ1n) is 8.68. The summed E-state index contributed by atoms with van der Waals surface area (Å²) in [5, 5.41) is 3.11. The smallest absolute Gasteiger partial charge is 0.251 e. The van der Waals surface area contributed by atoms with Crippen molar-refractivity contribution in [1.29, 1.82) is 0 Å². The maximum Gasteiger partial charge on any atom is 0.251 e. The highest BCUT2D eigenvalue weighted by Gasteiger charge is 2.17. The van der Waals surface area contributed by atoms with E-state index in [-0.39, 0.29) is 11.9 Å². The summed E-state index contributed by atoms with van der Waals surface area (Å²) < 4.78 is 10.7. The summed E-state index contributed by atoms with van der Waals surface area (Å²) in [6.45, 7) is 0. The van der Waals surface area contributed by atoms with E-state index >= 15 is 0 Å². The summed E-state index contributed by atoms with van der Waals surface area (Å²) in [5.41, 5.74) is 2.59. The van der Waals surface area contributed by atoms with Crippen LogP contribution in [0.1, 0.15) is 27.5 Å². The molecule has 1 heterocycles. The first kappa shape index (κ1) is 18.5. The van der Waals surface area contributed by atoms with Gasteiger partial charge in [-0.05, 0) is 47.9 Å². The normalized spacial score (nSPS) is 11.5. The highest BCUT2D eigenvalue weighted by Crippen LogP contribution is 2.29. The van der Waals surface area contributed by atoms with Crippen molar-refractivity contribution in [1.82, 2.24) is 10.3 Å². The number of pyridine rings is 1. The van der Waals surface area contributed by atoms with Crippen molar-refractivity contribution >= 4 is 5.91 Å². The number of carbonyl (C=O) groups is 1. The van der Waals surface area contributed by atoms with Gasteiger partial charge in [-0.1, -0.05) is 30.3 Å². The molecule has 1 N–H and O–H groups in total. The molecule has 138 valence electrons. The fraction of sp³-hybridized carbons (Fsp3) is 0.182. The summed E-state index contributed by atoms with van der Waals surface area (Å²) in [5.74, 6) is 1.21. The van der Waals surface area contributed by atoms with Gasteiger partial charge >= 0.3 is 0 Å². The molecule has 5 nitrogen and oxygen atoms in total. The molecule has 3 rings (SSSR count). The summed E-state index contributed by atoms with van der Waals surface area (Å²) in [4.78, 5) is 16.9. The number of methoxy groups -OCH3 is 2. The number of benzene rings is 2. The largest absolute Gasteiger partial charge is 0.493 e. The SMILES string of the molecule is COc1ccc(CC(NC(=O)c2ccccc2)c2cccnc2)cc1OC. The average molecular weight is 362 g/mol. The number of carbonyl (C=O) groups excluding carboxylic acids is 1. The third kappa shape index (κ3) is 4.64. The summed E-state index contributed by atoms with van der Waals surface area (Å²) >= 11 is 0. The second kappa shape index (κ2) is 8.85. The zero-order valence-corrected chi connectivity index (χ0v) is 15.4. The fourth-order valence-electron chi connectivity index (χ4n) is 2.91. The minimum atomic E-state index is -0.218. The molecule has 0 fully saturated rings. The van der Waals surface area contributed by atoms with Gasteiger partial charge in [-0.2, -0.15) is 0 Å². The fourth-order valence-corrected chi connectivity index (χ4v) is 2.91. The third-order valence-corrected chi connectivity index (χ3v) is 4.32. The lowest BCUT2D eigenvalue weighted by atomic mass is 9.99. The van der Waals surface area contributed by atoms with Gasteiger partial charge in [0.05, 0.1) is 20.3 Å². The maximum atomic E-state index is 12.7. The molecule has 0 aliphatic heterocycles. The van der Waals surface area contributed by atoms with Crippen LogP contribution in [0.25, 0.3) is 0 Å². The lowest BCUT2D eigenvalue weighted by molar-refractivity contribution is 0.0936. The third-order valence-electron chi connectivity index (χ3n) is 4.32. The number of hydrogen-bond acceptors (Lipinski definition) is 4. The Kier molecular flexibility index (Phi) is 6.05. The van der Waals surface area contributed by atoms with Crippen molar-refractivity contribution in [2.24, 2.45) is 0 Å². The van der Waals surface area contributed by atoms with Crippen LogP contribution in [0.3, 0.4) is 0 Å². The van der Waals surface area contributed by atoms with Crippen LogP contribution in [0.4, 0.5) is 0 Å². The van der Waals surface area contributed by atoms with E-state index in [1.807, 2.05) is 48.5 Å². The van der Waals surface area contributed by atoms with Crippen molar-refractivity contribution in [3.63, 3.8) is 0 Å². The number of hydrogen-bond donors (Lipinski definition) is 1. The van der Waals surface area contributed by atoms with Crippen LogP contribution >= 0.6 is 0 Å². The first-order chi connectivity index (χ1) is 13.2. The lowest BCUT2D eigenvalue weighted by Crippen LogP contribution is -2.30. The zero-order valence-electron chi connectivity index (χ0n) is 15.4. The van der Waals surface area contributed by atoms with Gasteiger partial charge in [0.25, 0.3) is 5.91 Å². The van der Waals surface area contributed by atoms with Crippen molar-refractivity contribution in [2.45, 2.75) is 12.5 Å². The molecule has 1 aromatic heterocycles. The quantitative estimate of drug-likeness (QED) is 0.694. The number of nitrogens with zero attached hydrogens (tertiary/aromatic N) is 1. The topological polar surface area (TPSA) is 60.5 Å². The van der Waals surface area contributed by atoms with Crippen molar-refractivity contribution < 1.29 is 14.3 Å². The standard InChI is InChI=1S/C22H22N2O3/c1-26-20-11-10-16(14-21(20)27-2)13-19(18-9-6-12-23-15-18)24-22(25)17-7-4-3-5-8-17/h3-12,14-15,19H,13H2,1-2H3,(H,24,25). The highest BCUT2D eigenvalue weighted by atomic mass is 16.5. The number of ether oxygens (including phenoxy) is 2. The van der Waals surface area contributed by atoms with Gasteiger partial charge in [-0.3, -0.25) is 9.78 Å². The number of aromatic nitrogens is 1. The Labute approximate surface area is 159 Å². The van der Waals surface area contributed by atoms with Crippen LogP contribution in [0.2, 0.25) is 0 Å². The van der Waals surface area contributed by atoms with Crippen LogP contribution in [0, 0.1) is 0 Å². The van der Waals surface area contributed by atoms with Gasteiger partial charge in [0.15, 0.2) is 11.5 Å². The lowest BCUT2D eigenvalue weighted by Gasteiger charge is -2.20. The van der Waals surface area contributed by atoms with Crippen LogP contribution in [0.5, 0.6) is 11.5 Å². The Balaban J connectivity index is 1.86. The van der Waals surface area contributed by atoms with E-state index in [0.717, 1.165) is 11.1 Å². The number of nitrogens with one attached hydrogen (secondary N) is 1.